The van der Waals surface area contributed by atoms with Crippen LogP contribution >= 0.6 is 0 Å². The Morgan fingerprint density at radius 2 is 2.12 bits per heavy atom. The van der Waals surface area contributed by atoms with Crippen molar-refractivity contribution in [2.75, 3.05) is 20.8 Å². The number of carbonyl (C=O) groups excluding carboxylic acids is 1. The van der Waals surface area contributed by atoms with Crippen molar-refractivity contribution in [1.82, 2.24) is 5.32 Å². The summed E-state index contributed by atoms with van der Waals surface area (Å²) in [5.41, 5.74) is 0.559. The van der Waals surface area contributed by atoms with E-state index in [-0.39, 0.29) is 5.91 Å². The lowest BCUT2D eigenvalue weighted by Gasteiger charge is -2.11. The van der Waals surface area contributed by atoms with Gasteiger partial charge in [-0.3, -0.25) is 4.79 Å². The predicted octanol–water partition coefficient (Wildman–Crippen LogP) is 1.84. The standard InChI is InChI=1S/C12H17NO3/c1-4-7-16-10-6-5-9(12(14)13-2)8-11(10)15-3/h5-6,8H,4,7H2,1-3H3,(H,13,14). The molecule has 16 heavy (non-hydrogen) atoms. The van der Waals surface area contributed by atoms with Gasteiger partial charge in [-0.05, 0) is 24.6 Å². The van der Waals surface area contributed by atoms with Crippen molar-refractivity contribution in [2.45, 2.75) is 13.3 Å². The van der Waals surface area contributed by atoms with Gasteiger partial charge in [0.05, 0.1) is 13.7 Å². The van der Waals surface area contributed by atoms with E-state index in [1.165, 1.54) is 0 Å². The summed E-state index contributed by atoms with van der Waals surface area (Å²) in [5.74, 6) is 1.10. The molecule has 0 fully saturated rings. The van der Waals surface area contributed by atoms with Crippen LogP contribution in [0.15, 0.2) is 18.2 Å². The maximum atomic E-state index is 11.4. The molecule has 0 heterocycles. The van der Waals surface area contributed by atoms with Crippen LogP contribution < -0.4 is 14.8 Å². The van der Waals surface area contributed by atoms with Gasteiger partial charge in [0.15, 0.2) is 11.5 Å². The van der Waals surface area contributed by atoms with E-state index in [1.807, 2.05) is 6.92 Å². The molecule has 0 bridgehead atoms. The van der Waals surface area contributed by atoms with Crippen molar-refractivity contribution in [3.63, 3.8) is 0 Å². The Balaban J connectivity index is 2.92. The van der Waals surface area contributed by atoms with Crippen LogP contribution in [0.5, 0.6) is 11.5 Å². The number of methoxy groups -OCH3 is 1. The maximum absolute atomic E-state index is 11.4. The van der Waals surface area contributed by atoms with Crippen molar-refractivity contribution >= 4 is 5.91 Å². The van der Waals surface area contributed by atoms with Gasteiger partial charge in [0.2, 0.25) is 0 Å². The second kappa shape index (κ2) is 6.00. The molecular formula is C12H17NO3. The Hall–Kier alpha value is -1.71. The zero-order valence-electron chi connectivity index (χ0n) is 9.87. The fourth-order valence-electron chi connectivity index (χ4n) is 1.28. The lowest BCUT2D eigenvalue weighted by Crippen LogP contribution is -2.17. The average Bonchev–Trinajstić information content (AvgIpc) is 2.35. The highest BCUT2D eigenvalue weighted by Crippen LogP contribution is 2.28. The Bertz CT molecular complexity index is 363. The van der Waals surface area contributed by atoms with Gasteiger partial charge in [0.1, 0.15) is 0 Å². The van der Waals surface area contributed by atoms with Crippen LogP contribution in [0.4, 0.5) is 0 Å². The molecule has 1 aromatic carbocycles. The molecule has 0 atom stereocenters. The quantitative estimate of drug-likeness (QED) is 0.828. The van der Waals surface area contributed by atoms with Gasteiger partial charge in [0, 0.05) is 12.6 Å². The van der Waals surface area contributed by atoms with E-state index in [1.54, 1.807) is 32.4 Å². The first-order chi connectivity index (χ1) is 7.72. The summed E-state index contributed by atoms with van der Waals surface area (Å²) in [6.45, 7) is 2.67. The van der Waals surface area contributed by atoms with E-state index >= 15 is 0 Å². The normalized spacial score (nSPS) is 9.69. The largest absolute Gasteiger partial charge is 0.493 e. The fraction of sp³-hybridized carbons (Fsp3) is 0.417. The Morgan fingerprint density at radius 3 is 2.69 bits per heavy atom. The minimum absolute atomic E-state index is 0.139. The first-order valence-electron chi connectivity index (χ1n) is 5.25. The summed E-state index contributed by atoms with van der Waals surface area (Å²) < 4.78 is 10.7. The number of amides is 1. The monoisotopic (exact) mass is 223 g/mol. The third-order valence-corrected chi connectivity index (χ3v) is 2.11. The summed E-state index contributed by atoms with van der Waals surface area (Å²) in [6, 6.07) is 5.13. The van der Waals surface area contributed by atoms with Crippen molar-refractivity contribution < 1.29 is 14.3 Å². The summed E-state index contributed by atoms with van der Waals surface area (Å²) in [4.78, 5) is 11.4. The van der Waals surface area contributed by atoms with E-state index in [2.05, 4.69) is 5.32 Å². The summed E-state index contributed by atoms with van der Waals surface area (Å²) in [6.07, 6.45) is 0.931. The first-order valence-corrected chi connectivity index (χ1v) is 5.25. The zero-order chi connectivity index (χ0) is 12.0. The smallest absolute Gasteiger partial charge is 0.251 e. The molecule has 1 amide bonds. The number of hydrogen-bond acceptors (Lipinski definition) is 3. The zero-order valence-corrected chi connectivity index (χ0v) is 9.87. The van der Waals surface area contributed by atoms with E-state index in [4.69, 9.17) is 9.47 Å². The van der Waals surface area contributed by atoms with Gasteiger partial charge >= 0.3 is 0 Å². The highest BCUT2D eigenvalue weighted by Gasteiger charge is 2.09. The van der Waals surface area contributed by atoms with E-state index in [0.717, 1.165) is 6.42 Å². The van der Waals surface area contributed by atoms with E-state index in [0.29, 0.717) is 23.7 Å². The van der Waals surface area contributed by atoms with E-state index in [9.17, 15) is 4.79 Å². The topological polar surface area (TPSA) is 47.6 Å². The minimum atomic E-state index is -0.139. The Labute approximate surface area is 95.6 Å². The molecule has 0 aliphatic carbocycles. The molecular weight excluding hydrogens is 206 g/mol. The number of ether oxygens (including phenoxy) is 2. The number of benzene rings is 1. The summed E-state index contributed by atoms with van der Waals surface area (Å²) in [5, 5.41) is 2.56. The lowest BCUT2D eigenvalue weighted by atomic mass is 10.2. The van der Waals surface area contributed by atoms with Crippen LogP contribution in [0.3, 0.4) is 0 Å². The number of nitrogens with one attached hydrogen (secondary N) is 1. The van der Waals surface area contributed by atoms with Crippen LogP contribution in [0.2, 0.25) is 0 Å². The second-order valence-corrected chi connectivity index (χ2v) is 3.29. The van der Waals surface area contributed by atoms with Crippen molar-refractivity contribution in [1.29, 1.82) is 0 Å². The predicted molar refractivity (Wildman–Crippen MR) is 62.2 cm³/mol. The molecule has 1 N–H and O–H groups in total. The lowest BCUT2D eigenvalue weighted by molar-refractivity contribution is 0.0962. The SMILES string of the molecule is CCCOc1ccc(C(=O)NC)cc1OC. The molecule has 0 aliphatic heterocycles. The third kappa shape index (κ3) is 2.89. The molecule has 4 heteroatoms. The fourth-order valence-corrected chi connectivity index (χ4v) is 1.28. The van der Waals surface area contributed by atoms with Gasteiger partial charge in [-0.2, -0.15) is 0 Å². The van der Waals surface area contributed by atoms with Gasteiger partial charge in [-0.15, -0.1) is 0 Å². The highest BCUT2D eigenvalue weighted by atomic mass is 16.5. The van der Waals surface area contributed by atoms with Crippen LogP contribution in [0.25, 0.3) is 0 Å². The molecule has 0 saturated heterocycles. The van der Waals surface area contributed by atoms with Gasteiger partial charge < -0.3 is 14.8 Å². The molecule has 0 aliphatic rings. The number of carbonyl (C=O) groups is 1. The molecule has 88 valence electrons. The van der Waals surface area contributed by atoms with E-state index < -0.39 is 0 Å². The molecule has 0 spiro atoms. The second-order valence-electron chi connectivity index (χ2n) is 3.29. The summed E-state index contributed by atoms with van der Waals surface area (Å²) >= 11 is 0. The van der Waals surface area contributed by atoms with Gasteiger partial charge in [-0.25, -0.2) is 0 Å². The number of rotatable bonds is 5. The maximum Gasteiger partial charge on any atom is 0.251 e. The number of hydrogen-bond donors (Lipinski definition) is 1. The van der Waals surface area contributed by atoms with Gasteiger partial charge in [-0.1, -0.05) is 6.92 Å². The van der Waals surface area contributed by atoms with Crippen LogP contribution in [-0.2, 0) is 0 Å². The Kier molecular flexibility index (Phi) is 4.64. The molecule has 0 radical (unpaired) electrons. The first kappa shape index (κ1) is 12.4. The molecule has 0 saturated carbocycles. The molecule has 0 unspecified atom stereocenters. The van der Waals surface area contributed by atoms with Gasteiger partial charge in [0.25, 0.3) is 5.91 Å². The van der Waals surface area contributed by atoms with Crippen molar-refractivity contribution in [3.8, 4) is 11.5 Å². The molecule has 1 aromatic rings. The molecule has 0 aromatic heterocycles. The molecule has 4 nitrogen and oxygen atoms in total. The van der Waals surface area contributed by atoms with Crippen LogP contribution in [0.1, 0.15) is 23.7 Å². The molecule has 1 rings (SSSR count). The minimum Gasteiger partial charge on any atom is -0.493 e. The van der Waals surface area contributed by atoms with Crippen molar-refractivity contribution in [2.24, 2.45) is 0 Å². The van der Waals surface area contributed by atoms with Crippen LogP contribution in [-0.4, -0.2) is 26.7 Å². The summed E-state index contributed by atoms with van der Waals surface area (Å²) in [7, 11) is 3.15. The van der Waals surface area contributed by atoms with Crippen molar-refractivity contribution in [3.05, 3.63) is 23.8 Å². The Morgan fingerprint density at radius 1 is 1.38 bits per heavy atom. The van der Waals surface area contributed by atoms with Crippen LogP contribution in [0, 0.1) is 0 Å². The third-order valence-electron chi connectivity index (χ3n) is 2.11. The highest BCUT2D eigenvalue weighted by molar-refractivity contribution is 5.94. The average molecular weight is 223 g/mol.